The second-order valence-corrected chi connectivity index (χ2v) is 7.92. The van der Waals surface area contributed by atoms with Gasteiger partial charge in [0.2, 0.25) is 10.8 Å². The fraction of sp³-hybridized carbons (Fsp3) is 0.421. The SMILES string of the molecule is COC(=O)C1CC[NH+]([C@H](c2cccc(OC)c2)c2sc3ncnn3c2O)CC1. The monoisotopic (exact) mass is 403 g/mol. The van der Waals surface area contributed by atoms with Gasteiger partial charge in [0.15, 0.2) is 6.04 Å². The molecule has 0 radical (unpaired) electrons. The Bertz CT molecular complexity index is 977. The van der Waals surface area contributed by atoms with Gasteiger partial charge < -0.3 is 19.5 Å². The summed E-state index contributed by atoms with van der Waals surface area (Å²) >= 11 is 1.44. The number of fused-ring (bicyclic) bond motifs is 1. The maximum absolute atomic E-state index is 11.9. The van der Waals surface area contributed by atoms with Crippen molar-refractivity contribution in [1.82, 2.24) is 14.6 Å². The number of thiazole rings is 1. The first-order valence-electron chi connectivity index (χ1n) is 9.20. The number of carbonyl (C=O) groups excluding carboxylic acids is 1. The van der Waals surface area contributed by atoms with Crippen LogP contribution in [0.1, 0.15) is 29.3 Å². The van der Waals surface area contributed by atoms with Crippen molar-refractivity contribution in [1.29, 1.82) is 0 Å². The number of aromatic hydroxyl groups is 1. The van der Waals surface area contributed by atoms with Crippen molar-refractivity contribution in [2.45, 2.75) is 18.9 Å². The molecular weight excluding hydrogens is 380 g/mol. The summed E-state index contributed by atoms with van der Waals surface area (Å²) in [6.45, 7) is 1.60. The number of piperidine rings is 1. The molecule has 4 rings (SSSR count). The Morgan fingerprint density at radius 2 is 2.14 bits per heavy atom. The summed E-state index contributed by atoms with van der Waals surface area (Å²) in [7, 11) is 3.08. The van der Waals surface area contributed by atoms with Gasteiger partial charge in [-0.15, -0.1) is 0 Å². The van der Waals surface area contributed by atoms with Crippen LogP contribution in [0.5, 0.6) is 11.6 Å². The van der Waals surface area contributed by atoms with Crippen molar-refractivity contribution >= 4 is 22.3 Å². The van der Waals surface area contributed by atoms with E-state index in [4.69, 9.17) is 9.47 Å². The van der Waals surface area contributed by atoms with Gasteiger partial charge in [-0.2, -0.15) is 9.61 Å². The Hall–Kier alpha value is -2.65. The molecule has 1 fully saturated rings. The minimum atomic E-state index is -0.140. The largest absolute Gasteiger partial charge is 0.497 e. The highest BCUT2D eigenvalue weighted by molar-refractivity contribution is 7.17. The molecule has 0 aliphatic carbocycles. The second kappa shape index (κ2) is 7.76. The highest BCUT2D eigenvalue weighted by Gasteiger charge is 2.37. The molecule has 3 heterocycles. The predicted octanol–water partition coefficient (Wildman–Crippen LogP) is 1.06. The highest BCUT2D eigenvalue weighted by atomic mass is 32.1. The quantitative estimate of drug-likeness (QED) is 0.619. The van der Waals surface area contributed by atoms with Gasteiger partial charge in [0, 0.05) is 18.4 Å². The third kappa shape index (κ3) is 3.31. The van der Waals surface area contributed by atoms with Crippen molar-refractivity contribution in [2.75, 3.05) is 27.3 Å². The lowest BCUT2D eigenvalue weighted by Gasteiger charge is -2.33. The van der Waals surface area contributed by atoms with Crippen LogP contribution in [-0.2, 0) is 9.53 Å². The maximum Gasteiger partial charge on any atom is 0.309 e. The molecular formula is C19H23N4O4S+. The number of ether oxygens (including phenoxy) is 2. The second-order valence-electron chi connectivity index (χ2n) is 6.91. The molecule has 28 heavy (non-hydrogen) atoms. The Kier molecular flexibility index (Phi) is 5.19. The Balaban J connectivity index is 1.71. The van der Waals surface area contributed by atoms with E-state index in [9.17, 15) is 9.90 Å². The number of rotatable bonds is 5. The van der Waals surface area contributed by atoms with Crippen LogP contribution in [0.2, 0.25) is 0 Å². The Morgan fingerprint density at radius 3 is 2.82 bits per heavy atom. The summed E-state index contributed by atoms with van der Waals surface area (Å²) in [6, 6.07) is 7.81. The van der Waals surface area contributed by atoms with E-state index in [0.717, 1.165) is 42.1 Å². The van der Waals surface area contributed by atoms with Crippen molar-refractivity contribution in [3.8, 4) is 11.6 Å². The summed E-state index contributed by atoms with van der Waals surface area (Å²) in [5, 5.41) is 14.9. The highest BCUT2D eigenvalue weighted by Crippen LogP contribution is 2.35. The molecule has 2 N–H and O–H groups in total. The van der Waals surface area contributed by atoms with Crippen LogP contribution in [0, 0.1) is 5.92 Å². The average molecular weight is 403 g/mol. The molecule has 9 heteroatoms. The van der Waals surface area contributed by atoms with Gasteiger partial charge in [0.05, 0.1) is 33.2 Å². The van der Waals surface area contributed by atoms with E-state index in [0.29, 0.717) is 4.96 Å². The molecule has 1 atom stereocenters. The molecule has 0 bridgehead atoms. The summed E-state index contributed by atoms with van der Waals surface area (Å²) < 4.78 is 11.8. The number of aromatic nitrogens is 3. The predicted molar refractivity (Wildman–Crippen MR) is 103 cm³/mol. The number of hydrogen-bond donors (Lipinski definition) is 2. The molecule has 1 aromatic carbocycles. The lowest BCUT2D eigenvalue weighted by Crippen LogP contribution is -3.13. The first kappa shape index (κ1) is 18.7. The molecule has 3 aromatic rings. The van der Waals surface area contributed by atoms with Crippen molar-refractivity contribution in [2.24, 2.45) is 5.92 Å². The van der Waals surface area contributed by atoms with Crippen molar-refractivity contribution in [3.63, 3.8) is 0 Å². The number of benzene rings is 1. The van der Waals surface area contributed by atoms with Crippen molar-refractivity contribution in [3.05, 3.63) is 41.0 Å². The van der Waals surface area contributed by atoms with Gasteiger partial charge in [-0.05, 0) is 12.1 Å². The number of likely N-dealkylation sites (tertiary alicyclic amines) is 1. The summed E-state index contributed by atoms with van der Waals surface area (Å²) in [5.74, 6) is 0.687. The van der Waals surface area contributed by atoms with Crippen LogP contribution in [0.4, 0.5) is 0 Å². The van der Waals surface area contributed by atoms with Crippen LogP contribution in [0.25, 0.3) is 4.96 Å². The first-order valence-corrected chi connectivity index (χ1v) is 10.0. The Morgan fingerprint density at radius 1 is 1.36 bits per heavy atom. The third-order valence-corrected chi connectivity index (χ3v) is 6.50. The number of carbonyl (C=O) groups is 1. The van der Waals surface area contributed by atoms with Gasteiger partial charge in [0.1, 0.15) is 17.0 Å². The number of esters is 1. The average Bonchev–Trinajstić information content (AvgIpc) is 3.32. The molecule has 1 saturated heterocycles. The number of hydrogen-bond acceptors (Lipinski definition) is 7. The minimum absolute atomic E-state index is 0.0596. The molecule has 0 amide bonds. The van der Waals surface area contributed by atoms with Crippen LogP contribution in [-0.4, -0.2) is 53.0 Å². The van der Waals surface area contributed by atoms with Crippen LogP contribution in [0.15, 0.2) is 30.6 Å². The fourth-order valence-electron chi connectivity index (χ4n) is 3.96. The number of methoxy groups -OCH3 is 2. The van der Waals surface area contributed by atoms with E-state index in [1.165, 1.54) is 34.2 Å². The molecule has 0 spiro atoms. The van der Waals surface area contributed by atoms with E-state index in [-0.39, 0.29) is 23.8 Å². The first-order chi connectivity index (χ1) is 13.6. The summed E-state index contributed by atoms with van der Waals surface area (Å²) in [4.78, 5) is 18.9. The smallest absolute Gasteiger partial charge is 0.309 e. The van der Waals surface area contributed by atoms with Gasteiger partial charge in [-0.25, -0.2) is 4.98 Å². The number of quaternary nitrogens is 1. The zero-order valence-electron chi connectivity index (χ0n) is 15.8. The third-order valence-electron chi connectivity index (χ3n) is 5.40. The van der Waals surface area contributed by atoms with E-state index in [1.807, 2.05) is 24.3 Å². The van der Waals surface area contributed by atoms with E-state index in [1.54, 1.807) is 7.11 Å². The molecule has 1 aliphatic heterocycles. The topological polar surface area (TPSA) is 90.4 Å². The zero-order chi connectivity index (χ0) is 19.7. The molecule has 148 valence electrons. The van der Waals surface area contributed by atoms with Crippen LogP contribution < -0.4 is 9.64 Å². The Labute approximate surface area is 166 Å². The van der Waals surface area contributed by atoms with Gasteiger partial charge in [0.25, 0.3) is 0 Å². The van der Waals surface area contributed by atoms with Gasteiger partial charge in [-0.1, -0.05) is 23.5 Å². The number of nitrogens with one attached hydrogen (secondary N) is 1. The van der Waals surface area contributed by atoms with Crippen LogP contribution in [0.3, 0.4) is 0 Å². The molecule has 0 saturated carbocycles. The standard InChI is InChI=1S/C19H22N4O4S/c1-26-14-5-3-4-13(10-14)15(16-17(24)23-19(28-16)20-11-21-23)22-8-6-12(7-9-22)18(25)27-2/h3-5,10-12,15,24H,6-9H2,1-2H3/p+1/t15-/m1/s1. The normalized spacial score (nSPS) is 20.8. The minimum Gasteiger partial charge on any atom is -0.497 e. The number of nitrogens with zero attached hydrogens (tertiary/aromatic N) is 3. The van der Waals surface area contributed by atoms with E-state index < -0.39 is 0 Å². The van der Waals surface area contributed by atoms with Gasteiger partial charge in [-0.3, -0.25) is 4.79 Å². The van der Waals surface area contributed by atoms with E-state index >= 15 is 0 Å². The molecule has 1 aliphatic rings. The fourth-order valence-corrected chi connectivity index (χ4v) is 5.07. The molecule has 2 aromatic heterocycles. The lowest BCUT2D eigenvalue weighted by atomic mass is 9.93. The van der Waals surface area contributed by atoms with Gasteiger partial charge >= 0.3 is 5.97 Å². The summed E-state index contributed by atoms with van der Waals surface area (Å²) in [5.41, 5.74) is 1.05. The summed E-state index contributed by atoms with van der Waals surface area (Å²) in [6.07, 6.45) is 2.94. The zero-order valence-corrected chi connectivity index (χ0v) is 16.6. The maximum atomic E-state index is 11.9. The lowest BCUT2D eigenvalue weighted by molar-refractivity contribution is -0.930. The van der Waals surface area contributed by atoms with Crippen LogP contribution >= 0.6 is 11.3 Å². The van der Waals surface area contributed by atoms with Crippen molar-refractivity contribution < 1.29 is 24.3 Å². The van der Waals surface area contributed by atoms with E-state index in [2.05, 4.69) is 10.1 Å². The molecule has 8 nitrogen and oxygen atoms in total. The molecule has 0 unspecified atom stereocenters.